The Morgan fingerprint density at radius 1 is 0.952 bits per heavy atom. The number of nitro groups is 1. The van der Waals surface area contributed by atoms with Gasteiger partial charge in [-0.15, -0.1) is 5.10 Å². The van der Waals surface area contributed by atoms with E-state index in [1.165, 1.54) is 65.3 Å². The molecule has 4 aromatic carbocycles. The van der Waals surface area contributed by atoms with Crippen molar-refractivity contribution in [2.75, 3.05) is 5.32 Å². The number of aromatic nitrogens is 3. The second-order valence-corrected chi connectivity index (χ2v) is 8.93. The van der Waals surface area contributed by atoms with Gasteiger partial charge in [0.1, 0.15) is 12.4 Å². The highest BCUT2D eigenvalue weighted by Gasteiger charge is 2.31. The summed E-state index contributed by atoms with van der Waals surface area (Å²) in [4.78, 5) is 27.2. The lowest BCUT2D eigenvalue weighted by molar-refractivity contribution is -0.384. The lowest BCUT2D eigenvalue weighted by Gasteiger charge is -2.10. The van der Waals surface area contributed by atoms with E-state index in [0.717, 1.165) is 12.1 Å². The number of non-ortho nitro benzene ring substituents is 1. The first-order chi connectivity index (χ1) is 20.1. The van der Waals surface area contributed by atoms with Crippen molar-refractivity contribution in [3.63, 3.8) is 0 Å². The summed E-state index contributed by atoms with van der Waals surface area (Å²) >= 11 is 0. The van der Waals surface area contributed by atoms with Gasteiger partial charge in [0, 0.05) is 28.9 Å². The number of anilines is 1. The number of alkyl halides is 3. The highest BCUT2D eigenvalue weighted by molar-refractivity contribution is 6.04. The van der Waals surface area contributed by atoms with Crippen LogP contribution in [0.5, 0.6) is 6.01 Å². The predicted octanol–water partition coefficient (Wildman–Crippen LogP) is 6.83. The average molecular weight is 577 g/mol. The smallest absolute Gasteiger partial charge is 0.416 e. The maximum atomic E-state index is 13.4. The van der Waals surface area contributed by atoms with Crippen LogP contribution in [0.15, 0.2) is 97.1 Å². The van der Waals surface area contributed by atoms with Crippen LogP contribution in [0, 0.1) is 15.9 Å². The van der Waals surface area contributed by atoms with Gasteiger partial charge < -0.3 is 10.1 Å². The molecule has 13 heteroatoms. The summed E-state index contributed by atoms with van der Waals surface area (Å²) in [5, 5.41) is 17.8. The maximum absolute atomic E-state index is 13.4. The first kappa shape index (κ1) is 28.0. The van der Waals surface area contributed by atoms with E-state index < -0.39 is 28.4 Å². The zero-order chi connectivity index (χ0) is 29.9. The third-order valence-electron chi connectivity index (χ3n) is 6.03. The molecule has 5 aromatic rings. The molecule has 1 heterocycles. The lowest BCUT2D eigenvalue weighted by Crippen LogP contribution is -2.12. The summed E-state index contributed by atoms with van der Waals surface area (Å²) < 4.78 is 60.4. The average Bonchev–Trinajstić information content (AvgIpc) is 3.41. The van der Waals surface area contributed by atoms with E-state index in [9.17, 15) is 32.5 Å². The number of halogens is 4. The fraction of sp³-hybridized carbons (Fsp3) is 0.0690. The van der Waals surface area contributed by atoms with Gasteiger partial charge in [0.2, 0.25) is 0 Å². The zero-order valence-electron chi connectivity index (χ0n) is 21.4. The molecule has 0 unspecified atom stereocenters. The standard InChI is InChI=1S/C29H19F4N5O4/c30-22-8-4-18(5-9-22)17-42-28-35-26(20-2-1-3-21(16-20)29(31,32)33)37(36-28)24-14-10-23(11-15-24)34-27(39)19-6-12-25(13-7-19)38(40)41/h1-16H,17H2,(H,34,39). The van der Waals surface area contributed by atoms with Gasteiger partial charge in [-0.1, -0.05) is 24.3 Å². The van der Waals surface area contributed by atoms with Gasteiger partial charge in [-0.05, 0) is 66.2 Å². The van der Waals surface area contributed by atoms with E-state index in [1.807, 2.05) is 0 Å². The predicted molar refractivity (Wildman–Crippen MR) is 144 cm³/mol. The van der Waals surface area contributed by atoms with Crippen molar-refractivity contribution < 1.29 is 32.0 Å². The Hall–Kier alpha value is -5.59. The number of ether oxygens (including phenoxy) is 1. The molecular formula is C29H19F4N5O4. The van der Waals surface area contributed by atoms with E-state index in [1.54, 1.807) is 24.3 Å². The molecule has 212 valence electrons. The van der Waals surface area contributed by atoms with Crippen LogP contribution in [0.2, 0.25) is 0 Å². The molecule has 0 spiro atoms. The van der Waals surface area contributed by atoms with Crippen LogP contribution in [0.1, 0.15) is 21.5 Å². The molecular weight excluding hydrogens is 558 g/mol. The van der Waals surface area contributed by atoms with Crippen LogP contribution < -0.4 is 10.1 Å². The van der Waals surface area contributed by atoms with E-state index in [2.05, 4.69) is 15.4 Å². The second kappa shape index (κ2) is 11.5. The topological polar surface area (TPSA) is 112 Å². The normalized spacial score (nSPS) is 11.2. The van der Waals surface area contributed by atoms with Gasteiger partial charge in [-0.25, -0.2) is 9.07 Å². The summed E-state index contributed by atoms with van der Waals surface area (Å²) in [6.45, 7) is -0.0140. The molecule has 42 heavy (non-hydrogen) atoms. The Balaban J connectivity index is 1.42. The zero-order valence-corrected chi connectivity index (χ0v) is 21.4. The number of nitrogens with one attached hydrogen (secondary N) is 1. The number of nitrogens with zero attached hydrogens (tertiary/aromatic N) is 4. The second-order valence-electron chi connectivity index (χ2n) is 8.93. The summed E-state index contributed by atoms with van der Waals surface area (Å²) in [7, 11) is 0. The lowest BCUT2D eigenvalue weighted by atomic mass is 10.1. The van der Waals surface area contributed by atoms with Gasteiger partial charge in [-0.3, -0.25) is 14.9 Å². The molecule has 0 saturated heterocycles. The molecule has 1 N–H and O–H groups in total. The Morgan fingerprint density at radius 2 is 1.64 bits per heavy atom. The quantitative estimate of drug-likeness (QED) is 0.123. The van der Waals surface area contributed by atoms with E-state index in [-0.39, 0.29) is 35.3 Å². The van der Waals surface area contributed by atoms with Crippen LogP contribution >= 0.6 is 0 Å². The van der Waals surface area contributed by atoms with Crippen molar-refractivity contribution >= 4 is 17.3 Å². The number of benzene rings is 4. The minimum Gasteiger partial charge on any atom is -0.457 e. The molecule has 0 fully saturated rings. The number of nitro benzene ring substituents is 1. The van der Waals surface area contributed by atoms with Gasteiger partial charge in [0.15, 0.2) is 5.82 Å². The molecule has 0 bridgehead atoms. The van der Waals surface area contributed by atoms with Gasteiger partial charge in [-0.2, -0.15) is 18.2 Å². The summed E-state index contributed by atoms with van der Waals surface area (Å²) in [5.41, 5.74) is 0.728. The number of carbonyl (C=O) groups excluding carboxylic acids is 1. The molecule has 0 aliphatic carbocycles. The fourth-order valence-electron chi connectivity index (χ4n) is 3.91. The van der Waals surface area contributed by atoms with Gasteiger partial charge in [0.05, 0.1) is 16.2 Å². The summed E-state index contributed by atoms with van der Waals surface area (Å²) in [6, 6.07) is 21.4. The number of rotatable bonds is 8. The van der Waals surface area contributed by atoms with Crippen LogP contribution in [0.4, 0.5) is 28.9 Å². The largest absolute Gasteiger partial charge is 0.457 e. The van der Waals surface area contributed by atoms with Crippen LogP contribution in [0.3, 0.4) is 0 Å². The maximum Gasteiger partial charge on any atom is 0.416 e. The Labute approximate surface area is 235 Å². The van der Waals surface area contributed by atoms with Crippen LogP contribution in [-0.4, -0.2) is 25.6 Å². The molecule has 9 nitrogen and oxygen atoms in total. The molecule has 5 rings (SSSR count). The minimum atomic E-state index is -4.58. The molecule has 0 radical (unpaired) electrons. The summed E-state index contributed by atoms with van der Waals surface area (Å²) in [6.07, 6.45) is -4.58. The Morgan fingerprint density at radius 3 is 2.29 bits per heavy atom. The van der Waals surface area contributed by atoms with Crippen molar-refractivity contribution in [1.82, 2.24) is 14.8 Å². The molecule has 0 aliphatic heterocycles. The van der Waals surface area contributed by atoms with E-state index in [0.29, 0.717) is 16.9 Å². The van der Waals surface area contributed by atoms with Crippen LogP contribution in [0.25, 0.3) is 17.1 Å². The van der Waals surface area contributed by atoms with E-state index >= 15 is 0 Å². The van der Waals surface area contributed by atoms with Crippen LogP contribution in [-0.2, 0) is 12.8 Å². The molecule has 1 amide bonds. The van der Waals surface area contributed by atoms with Crippen molar-refractivity contribution in [2.45, 2.75) is 12.8 Å². The van der Waals surface area contributed by atoms with E-state index in [4.69, 9.17) is 4.74 Å². The van der Waals surface area contributed by atoms with Crippen molar-refractivity contribution in [3.05, 3.63) is 130 Å². The molecule has 1 aromatic heterocycles. The first-order valence-corrected chi connectivity index (χ1v) is 12.2. The molecule has 0 atom stereocenters. The number of hydrogen-bond donors (Lipinski definition) is 1. The monoisotopic (exact) mass is 577 g/mol. The number of hydrogen-bond acceptors (Lipinski definition) is 6. The SMILES string of the molecule is O=C(Nc1ccc(-n2nc(OCc3ccc(F)cc3)nc2-c2cccc(C(F)(F)F)c2)cc1)c1ccc([N+](=O)[O-])cc1. The fourth-order valence-corrected chi connectivity index (χ4v) is 3.91. The van der Waals surface area contributed by atoms with Crippen molar-refractivity contribution in [2.24, 2.45) is 0 Å². The van der Waals surface area contributed by atoms with Gasteiger partial charge >= 0.3 is 12.2 Å². The first-order valence-electron chi connectivity index (χ1n) is 12.2. The number of amides is 1. The minimum absolute atomic E-state index is 0.0140. The Kier molecular flexibility index (Phi) is 7.65. The third-order valence-corrected chi connectivity index (χ3v) is 6.03. The molecule has 0 saturated carbocycles. The third kappa shape index (κ3) is 6.41. The highest BCUT2D eigenvalue weighted by Crippen LogP contribution is 2.33. The summed E-state index contributed by atoms with van der Waals surface area (Å²) in [5.74, 6) is -0.849. The number of carbonyl (C=O) groups is 1. The van der Waals surface area contributed by atoms with Gasteiger partial charge in [0.25, 0.3) is 11.6 Å². The van der Waals surface area contributed by atoms with Crippen molar-refractivity contribution in [1.29, 1.82) is 0 Å². The highest BCUT2D eigenvalue weighted by atomic mass is 19.4. The Bertz CT molecular complexity index is 1740. The molecule has 0 aliphatic rings. The van der Waals surface area contributed by atoms with Crippen molar-refractivity contribution in [3.8, 4) is 23.1 Å².